The van der Waals surface area contributed by atoms with Gasteiger partial charge in [-0.3, -0.25) is 18.7 Å². The van der Waals surface area contributed by atoms with Gasteiger partial charge in [0.15, 0.2) is 5.41 Å². The summed E-state index contributed by atoms with van der Waals surface area (Å²) in [6.07, 6.45) is -0.424. The van der Waals surface area contributed by atoms with E-state index in [0.29, 0.717) is 5.56 Å². The highest BCUT2D eigenvalue weighted by Crippen LogP contribution is 2.28. The van der Waals surface area contributed by atoms with E-state index in [0.717, 1.165) is 10.8 Å². The van der Waals surface area contributed by atoms with Crippen molar-refractivity contribution < 1.29 is 45.0 Å². The maximum Gasteiger partial charge on any atom is 0.323 e. The number of rotatable bonds is 12. The Kier molecular flexibility index (Phi) is 8.95. The lowest BCUT2D eigenvalue weighted by Crippen LogP contribution is -2.41. The first-order valence-electron chi connectivity index (χ1n) is 10.0. The van der Waals surface area contributed by atoms with E-state index in [1.807, 2.05) is 36.4 Å². The third kappa shape index (κ3) is 8.72. The molecule has 0 aliphatic heterocycles. The number of carbonyl (C=O) groups excluding carboxylic acids is 2. The molecule has 0 bridgehead atoms. The van der Waals surface area contributed by atoms with Crippen LogP contribution in [0.3, 0.4) is 0 Å². The molecule has 0 aliphatic carbocycles. The van der Waals surface area contributed by atoms with Crippen molar-refractivity contribution >= 4 is 42.9 Å². The third-order valence-electron chi connectivity index (χ3n) is 4.83. The normalized spacial score (nSPS) is 12.5. The predicted octanol–water partition coefficient (Wildman–Crippen LogP) is 2.03. The first-order valence-corrected chi connectivity index (χ1v) is 13.2. The summed E-state index contributed by atoms with van der Waals surface area (Å²) < 4.78 is 71.1. The summed E-state index contributed by atoms with van der Waals surface area (Å²) in [5, 5.41) is 1.85. The van der Waals surface area contributed by atoms with Gasteiger partial charge in [0.1, 0.15) is 0 Å². The quantitative estimate of drug-likeness (QED) is 0.190. The third-order valence-corrected chi connectivity index (χ3v) is 6.44. The van der Waals surface area contributed by atoms with E-state index in [-0.39, 0.29) is 32.5 Å². The topological polar surface area (TPSA) is 161 Å². The monoisotopic (exact) mass is 502 g/mol. The fraction of sp³-hybridized carbons (Fsp3) is 0.429. The number of hydrogen-bond donors (Lipinski definition) is 2. The Balaban J connectivity index is 2.17. The van der Waals surface area contributed by atoms with Crippen molar-refractivity contribution in [2.75, 3.05) is 24.7 Å². The lowest BCUT2D eigenvalue weighted by molar-refractivity contribution is -0.171. The van der Waals surface area contributed by atoms with E-state index < -0.39 is 49.1 Å². The Labute approximate surface area is 192 Å². The maximum atomic E-state index is 12.8. The Bertz CT molecular complexity index is 1150. The molecular formula is C21H26O10S2. The molecule has 0 atom stereocenters. The molecule has 2 N–H and O–H groups in total. The summed E-state index contributed by atoms with van der Waals surface area (Å²) in [4.78, 5) is 25.6. The van der Waals surface area contributed by atoms with Crippen molar-refractivity contribution in [3.05, 3.63) is 48.0 Å². The van der Waals surface area contributed by atoms with Crippen LogP contribution < -0.4 is 0 Å². The molecule has 10 nitrogen and oxygen atoms in total. The zero-order chi connectivity index (χ0) is 24.7. The van der Waals surface area contributed by atoms with E-state index in [9.17, 15) is 26.4 Å². The molecule has 182 valence electrons. The Morgan fingerprint density at radius 3 is 1.79 bits per heavy atom. The van der Waals surface area contributed by atoms with Gasteiger partial charge in [0.05, 0.1) is 24.7 Å². The fourth-order valence-corrected chi connectivity index (χ4v) is 4.08. The highest BCUT2D eigenvalue weighted by atomic mass is 32.2. The second kappa shape index (κ2) is 11.1. The maximum absolute atomic E-state index is 12.8. The van der Waals surface area contributed by atoms with Gasteiger partial charge in [-0.15, -0.1) is 0 Å². The lowest BCUT2D eigenvalue weighted by atomic mass is 9.83. The zero-order valence-electron chi connectivity index (χ0n) is 18.0. The van der Waals surface area contributed by atoms with Crippen molar-refractivity contribution in [1.82, 2.24) is 0 Å². The van der Waals surface area contributed by atoms with Crippen molar-refractivity contribution in [2.45, 2.75) is 26.2 Å². The molecule has 0 aromatic heterocycles. The standard InChI is InChI=1S/C21H26O10S2/c1-21(19(22)30-10-4-12-32(24,25)26,20(23)31-11-5-13-33(27,28)29)15-16-8-9-17-6-2-3-7-18(17)14-16/h2-3,6-9,14H,4-5,10-13,15H2,1H3,(H,24,25,26)(H,27,28,29). The second-order valence-corrected chi connectivity index (χ2v) is 10.9. The minimum absolute atomic E-state index is 0.0912. The average molecular weight is 503 g/mol. The van der Waals surface area contributed by atoms with E-state index in [2.05, 4.69) is 0 Å². The molecule has 33 heavy (non-hydrogen) atoms. The van der Waals surface area contributed by atoms with Gasteiger partial charge in [-0.25, -0.2) is 0 Å². The summed E-state index contributed by atoms with van der Waals surface area (Å²) >= 11 is 0. The van der Waals surface area contributed by atoms with Gasteiger partial charge in [-0.2, -0.15) is 16.8 Å². The number of esters is 2. The van der Waals surface area contributed by atoms with Crippen LogP contribution in [0.25, 0.3) is 10.8 Å². The number of hydrogen-bond acceptors (Lipinski definition) is 8. The molecule has 0 spiro atoms. The summed E-state index contributed by atoms with van der Waals surface area (Å²) in [6, 6.07) is 12.9. The van der Waals surface area contributed by atoms with Crippen LogP contribution in [0, 0.1) is 5.41 Å². The highest BCUT2D eigenvalue weighted by molar-refractivity contribution is 7.86. The molecule has 0 fully saturated rings. The van der Waals surface area contributed by atoms with Gasteiger partial charge >= 0.3 is 11.9 Å². The molecule has 12 heteroatoms. The van der Waals surface area contributed by atoms with Crippen LogP contribution in [0.4, 0.5) is 0 Å². The van der Waals surface area contributed by atoms with Crippen LogP contribution in [0.15, 0.2) is 42.5 Å². The molecule has 0 unspecified atom stereocenters. The van der Waals surface area contributed by atoms with Crippen LogP contribution in [-0.2, 0) is 45.7 Å². The van der Waals surface area contributed by atoms with Crippen molar-refractivity contribution in [3.63, 3.8) is 0 Å². The van der Waals surface area contributed by atoms with Crippen LogP contribution >= 0.6 is 0 Å². The van der Waals surface area contributed by atoms with E-state index in [4.69, 9.17) is 18.6 Å². The zero-order valence-corrected chi connectivity index (χ0v) is 19.6. The number of fused-ring (bicyclic) bond motifs is 1. The molecule has 2 aromatic rings. The fourth-order valence-electron chi connectivity index (χ4n) is 3.12. The summed E-state index contributed by atoms with van der Waals surface area (Å²) in [6.45, 7) is 0.627. The highest BCUT2D eigenvalue weighted by Gasteiger charge is 2.44. The SMILES string of the molecule is CC(Cc1ccc2ccccc2c1)(C(=O)OCCCS(=O)(=O)O)C(=O)OCCCS(=O)(=O)O. The van der Waals surface area contributed by atoms with Gasteiger partial charge < -0.3 is 9.47 Å². The van der Waals surface area contributed by atoms with Gasteiger partial charge in [0, 0.05) is 0 Å². The Morgan fingerprint density at radius 1 is 0.818 bits per heavy atom. The van der Waals surface area contributed by atoms with Gasteiger partial charge in [0.2, 0.25) is 0 Å². The van der Waals surface area contributed by atoms with Crippen molar-refractivity contribution in [1.29, 1.82) is 0 Å². The molecule has 0 heterocycles. The Hall–Kier alpha value is -2.54. The van der Waals surface area contributed by atoms with E-state index >= 15 is 0 Å². The molecule has 0 radical (unpaired) electrons. The molecule has 0 amide bonds. The smallest absolute Gasteiger partial charge is 0.323 e. The van der Waals surface area contributed by atoms with Crippen molar-refractivity contribution in [3.8, 4) is 0 Å². The summed E-state index contributed by atoms with van der Waals surface area (Å²) in [7, 11) is -8.45. The van der Waals surface area contributed by atoms with E-state index in [1.165, 1.54) is 6.92 Å². The van der Waals surface area contributed by atoms with Crippen LogP contribution in [0.1, 0.15) is 25.3 Å². The molecule has 0 aliphatic rings. The van der Waals surface area contributed by atoms with Crippen LogP contribution in [0.5, 0.6) is 0 Å². The molecule has 0 saturated carbocycles. The molecule has 2 rings (SSSR count). The minimum atomic E-state index is -4.22. The average Bonchev–Trinajstić information content (AvgIpc) is 2.72. The number of ether oxygens (including phenoxy) is 2. The lowest BCUT2D eigenvalue weighted by Gasteiger charge is -2.25. The minimum Gasteiger partial charge on any atom is -0.465 e. The molecule has 0 saturated heterocycles. The second-order valence-electron chi connectivity index (χ2n) is 7.74. The van der Waals surface area contributed by atoms with Gasteiger partial charge in [-0.1, -0.05) is 42.5 Å². The van der Waals surface area contributed by atoms with Gasteiger partial charge in [-0.05, 0) is 42.5 Å². The van der Waals surface area contributed by atoms with Crippen molar-refractivity contribution in [2.24, 2.45) is 5.41 Å². The summed E-state index contributed by atoms with van der Waals surface area (Å²) in [5.41, 5.74) is -1.17. The molecular weight excluding hydrogens is 476 g/mol. The van der Waals surface area contributed by atoms with Crippen LogP contribution in [-0.4, -0.2) is 62.6 Å². The number of benzene rings is 2. The Morgan fingerprint density at radius 2 is 1.30 bits per heavy atom. The molecule has 2 aromatic carbocycles. The van der Waals surface area contributed by atoms with E-state index in [1.54, 1.807) is 6.07 Å². The first kappa shape index (κ1) is 26.7. The van der Waals surface area contributed by atoms with Crippen LogP contribution in [0.2, 0.25) is 0 Å². The summed E-state index contributed by atoms with van der Waals surface area (Å²) in [5.74, 6) is -3.12. The first-order chi connectivity index (χ1) is 15.3. The van der Waals surface area contributed by atoms with Gasteiger partial charge in [0.25, 0.3) is 20.2 Å². The predicted molar refractivity (Wildman–Crippen MR) is 120 cm³/mol. The largest absolute Gasteiger partial charge is 0.465 e. The number of carbonyl (C=O) groups is 2.